The zero-order valence-corrected chi connectivity index (χ0v) is 16.5. The first kappa shape index (κ1) is 21.1. The Kier molecular flexibility index (Phi) is 12.6. The second-order valence-corrected chi connectivity index (χ2v) is 7.11. The van der Waals surface area contributed by atoms with Gasteiger partial charge >= 0.3 is 0 Å². The van der Waals surface area contributed by atoms with E-state index in [9.17, 15) is 0 Å². The van der Waals surface area contributed by atoms with Gasteiger partial charge in [0.2, 0.25) is 0 Å². The summed E-state index contributed by atoms with van der Waals surface area (Å²) < 4.78 is 5.96. The van der Waals surface area contributed by atoms with E-state index in [1.54, 1.807) is 0 Å². The summed E-state index contributed by atoms with van der Waals surface area (Å²) in [5.41, 5.74) is 1.42. The Bertz CT molecular complexity index is 399. The Labute approximate surface area is 151 Å². The highest BCUT2D eigenvalue weighted by Crippen LogP contribution is 2.33. The van der Waals surface area contributed by atoms with Crippen molar-refractivity contribution < 1.29 is 4.74 Å². The quantitative estimate of drug-likeness (QED) is 0.297. The van der Waals surface area contributed by atoms with Crippen molar-refractivity contribution in [1.29, 1.82) is 0 Å². The van der Waals surface area contributed by atoms with Gasteiger partial charge in [-0.3, -0.25) is 0 Å². The van der Waals surface area contributed by atoms with E-state index < -0.39 is 0 Å². The van der Waals surface area contributed by atoms with Crippen LogP contribution in [0.15, 0.2) is 24.3 Å². The molecule has 1 heteroatoms. The van der Waals surface area contributed by atoms with Crippen molar-refractivity contribution in [3.63, 3.8) is 0 Å². The molecule has 0 aliphatic carbocycles. The normalized spacial score (nSPS) is 12.3. The van der Waals surface area contributed by atoms with E-state index in [1.807, 2.05) is 0 Å². The molecule has 0 fully saturated rings. The molecule has 1 nitrogen and oxygen atoms in total. The predicted molar refractivity (Wildman–Crippen MR) is 107 cm³/mol. The third-order valence-corrected chi connectivity index (χ3v) is 4.97. The third kappa shape index (κ3) is 8.76. The van der Waals surface area contributed by atoms with Crippen LogP contribution in [-0.4, -0.2) is 6.61 Å². The number of hydrogen-bond donors (Lipinski definition) is 0. The standard InChI is InChI=1S/C23H40O/c1-4-7-8-9-10-11-12-13-14-17-21(6-3)22-18-15-16-19-23(22)24-20-5-2/h15-16,18-19,21H,4-14,17,20H2,1-3H3. The van der Waals surface area contributed by atoms with Gasteiger partial charge in [-0.1, -0.05) is 96.8 Å². The lowest BCUT2D eigenvalue weighted by Crippen LogP contribution is -2.03. The molecule has 24 heavy (non-hydrogen) atoms. The SMILES string of the molecule is CCCCCCCCCCCC(CC)c1ccccc1OCCC. The monoisotopic (exact) mass is 332 g/mol. The first-order valence-corrected chi connectivity index (χ1v) is 10.5. The highest BCUT2D eigenvalue weighted by Gasteiger charge is 2.14. The maximum Gasteiger partial charge on any atom is 0.122 e. The molecular formula is C23H40O. The third-order valence-electron chi connectivity index (χ3n) is 4.97. The topological polar surface area (TPSA) is 9.23 Å². The molecule has 0 radical (unpaired) electrons. The molecule has 0 saturated heterocycles. The van der Waals surface area contributed by atoms with E-state index in [2.05, 4.69) is 45.0 Å². The largest absolute Gasteiger partial charge is 0.493 e. The zero-order chi connectivity index (χ0) is 17.5. The summed E-state index contributed by atoms with van der Waals surface area (Å²) in [6, 6.07) is 8.67. The summed E-state index contributed by atoms with van der Waals surface area (Å²) >= 11 is 0. The summed E-state index contributed by atoms with van der Waals surface area (Å²) in [5, 5.41) is 0. The van der Waals surface area contributed by atoms with Crippen LogP contribution in [0.25, 0.3) is 0 Å². The highest BCUT2D eigenvalue weighted by molar-refractivity contribution is 5.36. The molecule has 1 aromatic rings. The molecule has 0 spiro atoms. The molecule has 0 N–H and O–H groups in total. The smallest absolute Gasteiger partial charge is 0.122 e. The van der Waals surface area contributed by atoms with Crippen molar-refractivity contribution in [3.05, 3.63) is 29.8 Å². The summed E-state index contributed by atoms with van der Waals surface area (Å²) in [6.07, 6.45) is 16.2. The number of benzene rings is 1. The fraction of sp³-hybridized carbons (Fsp3) is 0.739. The molecule has 1 atom stereocenters. The maximum atomic E-state index is 5.96. The zero-order valence-electron chi connectivity index (χ0n) is 16.5. The van der Waals surface area contributed by atoms with Crippen molar-refractivity contribution in [2.24, 2.45) is 0 Å². The number of rotatable bonds is 15. The van der Waals surface area contributed by atoms with Crippen LogP contribution in [0, 0.1) is 0 Å². The lowest BCUT2D eigenvalue weighted by atomic mass is 9.90. The number of hydrogen-bond acceptors (Lipinski definition) is 1. The summed E-state index contributed by atoms with van der Waals surface area (Å²) in [4.78, 5) is 0. The minimum absolute atomic E-state index is 0.655. The van der Waals surface area contributed by atoms with Crippen LogP contribution in [-0.2, 0) is 0 Å². The van der Waals surface area contributed by atoms with Gasteiger partial charge in [0.25, 0.3) is 0 Å². The Morgan fingerprint density at radius 1 is 0.750 bits per heavy atom. The van der Waals surface area contributed by atoms with E-state index in [1.165, 1.54) is 76.2 Å². The lowest BCUT2D eigenvalue weighted by molar-refractivity contribution is 0.310. The molecule has 0 aliphatic heterocycles. The van der Waals surface area contributed by atoms with Crippen LogP contribution in [0.4, 0.5) is 0 Å². The molecule has 138 valence electrons. The first-order valence-electron chi connectivity index (χ1n) is 10.5. The molecule has 1 unspecified atom stereocenters. The van der Waals surface area contributed by atoms with E-state index in [-0.39, 0.29) is 0 Å². The van der Waals surface area contributed by atoms with Crippen LogP contribution in [0.5, 0.6) is 5.75 Å². The van der Waals surface area contributed by atoms with Gasteiger partial charge in [-0.15, -0.1) is 0 Å². The minimum atomic E-state index is 0.655. The Morgan fingerprint density at radius 2 is 1.38 bits per heavy atom. The van der Waals surface area contributed by atoms with Gasteiger partial charge in [0.1, 0.15) is 5.75 Å². The molecule has 0 aromatic heterocycles. The molecular weight excluding hydrogens is 292 g/mol. The van der Waals surface area contributed by atoms with E-state index in [4.69, 9.17) is 4.74 Å². The van der Waals surface area contributed by atoms with Crippen molar-refractivity contribution >= 4 is 0 Å². The molecule has 0 amide bonds. The van der Waals surface area contributed by atoms with Gasteiger partial charge in [0.05, 0.1) is 6.61 Å². The van der Waals surface area contributed by atoms with Crippen LogP contribution >= 0.6 is 0 Å². The second kappa shape index (κ2) is 14.4. The molecule has 0 aliphatic rings. The predicted octanol–water partition coefficient (Wildman–Crippen LogP) is 7.89. The van der Waals surface area contributed by atoms with Crippen LogP contribution in [0.1, 0.15) is 109 Å². The van der Waals surface area contributed by atoms with E-state index in [0.29, 0.717) is 5.92 Å². The fourth-order valence-electron chi connectivity index (χ4n) is 3.44. The molecule has 0 saturated carbocycles. The van der Waals surface area contributed by atoms with Gasteiger partial charge < -0.3 is 4.74 Å². The first-order chi connectivity index (χ1) is 11.8. The Balaban J connectivity index is 2.27. The van der Waals surface area contributed by atoms with Crippen molar-refractivity contribution in [2.75, 3.05) is 6.61 Å². The fourth-order valence-corrected chi connectivity index (χ4v) is 3.44. The lowest BCUT2D eigenvalue weighted by Gasteiger charge is -2.19. The van der Waals surface area contributed by atoms with Crippen molar-refractivity contribution in [3.8, 4) is 5.75 Å². The van der Waals surface area contributed by atoms with Crippen LogP contribution in [0.2, 0.25) is 0 Å². The van der Waals surface area contributed by atoms with Gasteiger partial charge in [0.15, 0.2) is 0 Å². The molecule has 0 bridgehead atoms. The number of unbranched alkanes of at least 4 members (excludes halogenated alkanes) is 8. The summed E-state index contributed by atoms with van der Waals surface area (Å²) in [7, 11) is 0. The Hall–Kier alpha value is -0.980. The minimum Gasteiger partial charge on any atom is -0.493 e. The average molecular weight is 333 g/mol. The van der Waals surface area contributed by atoms with Gasteiger partial charge in [-0.2, -0.15) is 0 Å². The Morgan fingerprint density at radius 3 is 2.00 bits per heavy atom. The van der Waals surface area contributed by atoms with E-state index in [0.717, 1.165) is 18.8 Å². The highest BCUT2D eigenvalue weighted by atomic mass is 16.5. The molecule has 1 rings (SSSR count). The number of ether oxygens (including phenoxy) is 1. The van der Waals surface area contributed by atoms with Gasteiger partial charge in [0, 0.05) is 0 Å². The van der Waals surface area contributed by atoms with Crippen molar-refractivity contribution in [1.82, 2.24) is 0 Å². The summed E-state index contributed by atoms with van der Waals surface area (Å²) in [5.74, 6) is 1.77. The van der Waals surface area contributed by atoms with E-state index >= 15 is 0 Å². The molecule has 1 aromatic carbocycles. The van der Waals surface area contributed by atoms with Crippen LogP contribution < -0.4 is 4.74 Å². The van der Waals surface area contributed by atoms with Crippen molar-refractivity contribution in [2.45, 2.75) is 104 Å². The second-order valence-electron chi connectivity index (χ2n) is 7.11. The summed E-state index contributed by atoms with van der Waals surface area (Å²) in [6.45, 7) is 7.60. The number of para-hydroxylation sites is 1. The maximum absolute atomic E-state index is 5.96. The van der Waals surface area contributed by atoms with Gasteiger partial charge in [-0.25, -0.2) is 0 Å². The average Bonchev–Trinajstić information content (AvgIpc) is 2.62. The van der Waals surface area contributed by atoms with Gasteiger partial charge in [-0.05, 0) is 36.8 Å². The molecule has 0 heterocycles. The van der Waals surface area contributed by atoms with Crippen LogP contribution in [0.3, 0.4) is 0 Å².